The summed E-state index contributed by atoms with van der Waals surface area (Å²) >= 11 is 0. The SMILES string of the molecule is CCCCN=C(NN)N1CC(C)OCC1C. The highest BCUT2D eigenvalue weighted by Gasteiger charge is 2.25. The summed E-state index contributed by atoms with van der Waals surface area (Å²) in [5, 5.41) is 0. The van der Waals surface area contributed by atoms with Crippen molar-refractivity contribution >= 4 is 5.96 Å². The van der Waals surface area contributed by atoms with Gasteiger partial charge in [0.1, 0.15) is 0 Å². The molecule has 1 aliphatic heterocycles. The molecule has 2 atom stereocenters. The van der Waals surface area contributed by atoms with Gasteiger partial charge in [-0.15, -0.1) is 0 Å². The molecule has 3 N–H and O–H groups in total. The van der Waals surface area contributed by atoms with Crippen LogP contribution >= 0.6 is 0 Å². The molecule has 0 bridgehead atoms. The Morgan fingerprint density at radius 2 is 2.31 bits per heavy atom. The number of unbranched alkanes of at least 4 members (excludes halogenated alkanes) is 1. The van der Waals surface area contributed by atoms with Crippen LogP contribution in [-0.2, 0) is 4.74 Å². The van der Waals surface area contributed by atoms with Crippen molar-refractivity contribution in [1.82, 2.24) is 10.3 Å². The number of hydrogen-bond acceptors (Lipinski definition) is 3. The van der Waals surface area contributed by atoms with Crippen molar-refractivity contribution in [2.75, 3.05) is 19.7 Å². The summed E-state index contributed by atoms with van der Waals surface area (Å²) in [7, 11) is 0. The predicted molar refractivity (Wildman–Crippen MR) is 66.1 cm³/mol. The summed E-state index contributed by atoms with van der Waals surface area (Å²) in [6, 6.07) is 0.327. The number of aliphatic imine (C=N–C) groups is 1. The highest BCUT2D eigenvalue weighted by Crippen LogP contribution is 2.11. The Hall–Kier alpha value is -0.810. The molecule has 1 saturated heterocycles. The molecular formula is C11H24N4O. The summed E-state index contributed by atoms with van der Waals surface area (Å²) in [5.74, 6) is 6.32. The summed E-state index contributed by atoms with van der Waals surface area (Å²) in [6.45, 7) is 8.75. The van der Waals surface area contributed by atoms with E-state index in [1.165, 1.54) is 0 Å². The fourth-order valence-electron chi connectivity index (χ4n) is 1.76. The van der Waals surface area contributed by atoms with Gasteiger partial charge >= 0.3 is 0 Å². The van der Waals surface area contributed by atoms with Crippen molar-refractivity contribution in [3.05, 3.63) is 0 Å². The number of ether oxygens (including phenoxy) is 1. The van der Waals surface area contributed by atoms with Crippen molar-refractivity contribution in [3.63, 3.8) is 0 Å². The van der Waals surface area contributed by atoms with E-state index in [9.17, 15) is 0 Å². The molecule has 5 heteroatoms. The number of nitrogens with one attached hydrogen (secondary N) is 1. The first-order valence-corrected chi connectivity index (χ1v) is 6.08. The topological polar surface area (TPSA) is 62.9 Å². The normalized spacial score (nSPS) is 27.0. The maximum Gasteiger partial charge on any atom is 0.208 e. The van der Waals surface area contributed by atoms with Gasteiger partial charge in [0.05, 0.1) is 18.8 Å². The van der Waals surface area contributed by atoms with Crippen LogP contribution in [0.3, 0.4) is 0 Å². The molecule has 0 saturated carbocycles. The number of rotatable bonds is 3. The molecule has 0 amide bonds. The second-order valence-electron chi connectivity index (χ2n) is 4.35. The first-order valence-electron chi connectivity index (χ1n) is 6.08. The van der Waals surface area contributed by atoms with Crippen molar-refractivity contribution in [2.45, 2.75) is 45.8 Å². The standard InChI is InChI=1S/C11H24N4O/c1-4-5-6-13-11(14-12)15-7-10(3)16-8-9(15)2/h9-10H,4-8,12H2,1-3H3,(H,13,14). The van der Waals surface area contributed by atoms with Gasteiger partial charge in [0, 0.05) is 13.1 Å². The summed E-state index contributed by atoms with van der Waals surface area (Å²) in [4.78, 5) is 6.68. The molecule has 1 fully saturated rings. The van der Waals surface area contributed by atoms with Crippen molar-refractivity contribution in [3.8, 4) is 0 Å². The fraction of sp³-hybridized carbons (Fsp3) is 0.909. The molecule has 94 valence electrons. The second kappa shape index (κ2) is 6.70. The minimum Gasteiger partial charge on any atom is -0.375 e. The van der Waals surface area contributed by atoms with Gasteiger partial charge in [-0.05, 0) is 20.3 Å². The predicted octanol–water partition coefficient (Wildman–Crippen LogP) is 0.715. The van der Waals surface area contributed by atoms with E-state index >= 15 is 0 Å². The molecule has 1 rings (SSSR count). The minimum atomic E-state index is 0.237. The van der Waals surface area contributed by atoms with Crippen LogP contribution in [0.1, 0.15) is 33.6 Å². The summed E-state index contributed by atoms with van der Waals surface area (Å²) in [5.41, 5.74) is 2.70. The molecule has 5 nitrogen and oxygen atoms in total. The highest BCUT2D eigenvalue weighted by molar-refractivity contribution is 5.79. The fourth-order valence-corrected chi connectivity index (χ4v) is 1.76. The van der Waals surface area contributed by atoms with Gasteiger partial charge < -0.3 is 9.64 Å². The van der Waals surface area contributed by atoms with Gasteiger partial charge in [-0.2, -0.15) is 0 Å². The van der Waals surface area contributed by atoms with Crippen molar-refractivity contribution in [2.24, 2.45) is 10.8 Å². The number of hydrogen-bond donors (Lipinski definition) is 2. The van der Waals surface area contributed by atoms with E-state index in [1.807, 2.05) is 0 Å². The molecule has 0 aromatic carbocycles. The molecule has 0 spiro atoms. The Bertz CT molecular complexity index is 232. The Morgan fingerprint density at radius 3 is 2.94 bits per heavy atom. The molecule has 1 heterocycles. The maximum atomic E-state index is 5.58. The van der Waals surface area contributed by atoms with Crippen LogP contribution in [0.4, 0.5) is 0 Å². The summed E-state index contributed by atoms with van der Waals surface area (Å²) in [6.07, 6.45) is 2.48. The Morgan fingerprint density at radius 1 is 1.56 bits per heavy atom. The zero-order valence-corrected chi connectivity index (χ0v) is 10.6. The second-order valence-corrected chi connectivity index (χ2v) is 4.35. The lowest BCUT2D eigenvalue weighted by molar-refractivity contribution is -0.0236. The van der Waals surface area contributed by atoms with Gasteiger partial charge in [-0.25, -0.2) is 5.84 Å². The molecule has 0 aromatic rings. The smallest absolute Gasteiger partial charge is 0.208 e. The lowest BCUT2D eigenvalue weighted by Gasteiger charge is -2.38. The monoisotopic (exact) mass is 228 g/mol. The van der Waals surface area contributed by atoms with Crippen LogP contribution in [0.5, 0.6) is 0 Å². The number of hydrazine groups is 1. The molecule has 1 aliphatic rings. The van der Waals surface area contributed by atoms with Crippen LogP contribution < -0.4 is 11.3 Å². The van der Waals surface area contributed by atoms with E-state index in [4.69, 9.17) is 10.6 Å². The van der Waals surface area contributed by atoms with Crippen LogP contribution in [0.2, 0.25) is 0 Å². The van der Waals surface area contributed by atoms with Gasteiger partial charge in [0.2, 0.25) is 5.96 Å². The zero-order valence-electron chi connectivity index (χ0n) is 10.6. The van der Waals surface area contributed by atoms with E-state index in [1.54, 1.807) is 0 Å². The number of morpholine rings is 1. The van der Waals surface area contributed by atoms with Crippen LogP contribution in [0.25, 0.3) is 0 Å². The van der Waals surface area contributed by atoms with Crippen LogP contribution in [0, 0.1) is 0 Å². The zero-order chi connectivity index (χ0) is 12.0. The third-order valence-corrected chi connectivity index (χ3v) is 2.78. The Balaban J connectivity index is 2.58. The van der Waals surface area contributed by atoms with Gasteiger partial charge in [0.15, 0.2) is 0 Å². The van der Waals surface area contributed by atoms with Crippen LogP contribution in [-0.4, -0.2) is 42.7 Å². The van der Waals surface area contributed by atoms with E-state index in [-0.39, 0.29) is 6.10 Å². The van der Waals surface area contributed by atoms with E-state index in [0.717, 1.165) is 38.5 Å². The average molecular weight is 228 g/mol. The molecule has 2 unspecified atom stereocenters. The highest BCUT2D eigenvalue weighted by atomic mass is 16.5. The third-order valence-electron chi connectivity index (χ3n) is 2.78. The average Bonchev–Trinajstić information content (AvgIpc) is 2.28. The Labute approximate surface area is 98.0 Å². The van der Waals surface area contributed by atoms with E-state index < -0.39 is 0 Å². The van der Waals surface area contributed by atoms with Crippen molar-refractivity contribution < 1.29 is 4.74 Å². The van der Waals surface area contributed by atoms with E-state index in [2.05, 4.69) is 36.1 Å². The van der Waals surface area contributed by atoms with Gasteiger partial charge in [-0.1, -0.05) is 13.3 Å². The summed E-state index contributed by atoms with van der Waals surface area (Å²) < 4.78 is 5.58. The maximum absolute atomic E-state index is 5.58. The lowest BCUT2D eigenvalue weighted by atomic mass is 10.2. The van der Waals surface area contributed by atoms with E-state index in [0.29, 0.717) is 6.04 Å². The first kappa shape index (κ1) is 13.3. The lowest BCUT2D eigenvalue weighted by Crippen LogP contribution is -2.55. The molecule has 16 heavy (non-hydrogen) atoms. The largest absolute Gasteiger partial charge is 0.375 e. The quantitative estimate of drug-likeness (QED) is 0.246. The minimum absolute atomic E-state index is 0.237. The number of nitrogens with zero attached hydrogens (tertiary/aromatic N) is 2. The van der Waals surface area contributed by atoms with Gasteiger partial charge in [0.25, 0.3) is 0 Å². The van der Waals surface area contributed by atoms with Crippen molar-refractivity contribution in [1.29, 1.82) is 0 Å². The molecule has 0 aliphatic carbocycles. The third kappa shape index (κ3) is 3.64. The first-order chi connectivity index (χ1) is 7.69. The molecular weight excluding hydrogens is 204 g/mol. The van der Waals surface area contributed by atoms with Crippen LogP contribution in [0.15, 0.2) is 4.99 Å². The molecule has 0 aromatic heterocycles. The number of nitrogens with two attached hydrogens (primary N) is 1. The van der Waals surface area contributed by atoms with Gasteiger partial charge in [-0.3, -0.25) is 10.4 Å². The Kier molecular flexibility index (Phi) is 5.55. The number of guanidine groups is 1. The molecule has 0 radical (unpaired) electrons.